The number of carbonyl (C=O) groups excluding carboxylic acids is 2. The summed E-state index contributed by atoms with van der Waals surface area (Å²) < 4.78 is 0.969. The molecule has 5 nitrogen and oxygen atoms in total. The van der Waals surface area contributed by atoms with Gasteiger partial charge in [-0.3, -0.25) is 9.59 Å². The zero-order valence-electron chi connectivity index (χ0n) is 10.3. The van der Waals surface area contributed by atoms with Crippen LogP contribution in [0, 0.1) is 11.3 Å². The molecule has 0 aromatic heterocycles. The molecule has 0 saturated carbocycles. The van der Waals surface area contributed by atoms with E-state index in [-0.39, 0.29) is 18.2 Å². The first kappa shape index (κ1) is 15.2. The first-order valence-corrected chi connectivity index (χ1v) is 6.56. The average molecular weight is 324 g/mol. The summed E-state index contributed by atoms with van der Waals surface area (Å²) in [6.07, 6.45) is 0.145. The first-order valence-electron chi connectivity index (χ1n) is 5.76. The molecule has 1 aromatic carbocycles. The monoisotopic (exact) mass is 323 g/mol. The number of halogens is 1. The Morgan fingerprint density at radius 3 is 2.26 bits per heavy atom. The molecule has 19 heavy (non-hydrogen) atoms. The number of nitriles is 1. The number of nitrogens with zero attached hydrogens (tertiary/aromatic N) is 1. The zero-order chi connectivity index (χ0) is 14.1. The van der Waals surface area contributed by atoms with Crippen molar-refractivity contribution in [1.29, 1.82) is 5.26 Å². The molecular formula is C13H14BrN3O2. The van der Waals surface area contributed by atoms with Gasteiger partial charge in [0.25, 0.3) is 0 Å². The molecule has 1 rings (SSSR count). The lowest BCUT2D eigenvalue weighted by molar-refractivity contribution is -0.122. The summed E-state index contributed by atoms with van der Waals surface area (Å²) in [5, 5.41) is 13.5. The van der Waals surface area contributed by atoms with Gasteiger partial charge in [-0.25, -0.2) is 0 Å². The van der Waals surface area contributed by atoms with Crippen molar-refractivity contribution in [2.45, 2.75) is 12.8 Å². The van der Waals surface area contributed by atoms with Gasteiger partial charge in [0, 0.05) is 17.6 Å². The third kappa shape index (κ3) is 6.58. The molecular weight excluding hydrogens is 310 g/mol. The van der Waals surface area contributed by atoms with Crippen LogP contribution in [-0.4, -0.2) is 24.9 Å². The fourth-order valence-corrected chi connectivity index (χ4v) is 1.65. The molecule has 2 amide bonds. The highest BCUT2D eigenvalue weighted by atomic mass is 79.9. The van der Waals surface area contributed by atoms with Gasteiger partial charge in [0.15, 0.2) is 0 Å². The minimum absolute atomic E-state index is 0.100. The molecule has 0 unspecified atom stereocenters. The Hall–Kier alpha value is -1.87. The summed E-state index contributed by atoms with van der Waals surface area (Å²) in [5.74, 6) is -0.429. The quantitative estimate of drug-likeness (QED) is 0.770. The van der Waals surface area contributed by atoms with E-state index in [9.17, 15) is 9.59 Å². The Morgan fingerprint density at radius 1 is 1.11 bits per heavy atom. The van der Waals surface area contributed by atoms with Crippen molar-refractivity contribution in [3.63, 3.8) is 0 Å². The Bertz CT molecular complexity index is 480. The largest absolute Gasteiger partial charge is 0.354 e. The van der Waals surface area contributed by atoms with Gasteiger partial charge in [0.05, 0.1) is 12.5 Å². The van der Waals surface area contributed by atoms with Gasteiger partial charge in [-0.15, -0.1) is 0 Å². The molecule has 0 spiro atoms. The standard InChI is InChI=1S/C13H14BrN3O2/c14-11-3-1-10(2-4-11)9-13(19)17-8-7-16-12(18)5-6-15/h1-4H,5,7-9H2,(H,16,18)(H,17,19). The third-order valence-electron chi connectivity index (χ3n) is 2.29. The molecule has 0 atom stereocenters. The summed E-state index contributed by atoms with van der Waals surface area (Å²) in [7, 11) is 0. The first-order chi connectivity index (χ1) is 9.11. The number of benzene rings is 1. The fourth-order valence-electron chi connectivity index (χ4n) is 1.39. The smallest absolute Gasteiger partial charge is 0.234 e. The lowest BCUT2D eigenvalue weighted by Crippen LogP contribution is -2.35. The lowest BCUT2D eigenvalue weighted by Gasteiger charge is -2.06. The molecule has 100 valence electrons. The number of nitrogens with one attached hydrogen (secondary N) is 2. The average Bonchev–Trinajstić information content (AvgIpc) is 2.38. The molecule has 2 N–H and O–H groups in total. The van der Waals surface area contributed by atoms with Crippen LogP contribution in [0.4, 0.5) is 0 Å². The number of rotatable bonds is 6. The van der Waals surface area contributed by atoms with Crippen LogP contribution in [0.15, 0.2) is 28.7 Å². The zero-order valence-corrected chi connectivity index (χ0v) is 11.9. The normalized spacial score (nSPS) is 9.47. The lowest BCUT2D eigenvalue weighted by atomic mass is 10.1. The van der Waals surface area contributed by atoms with E-state index in [2.05, 4.69) is 26.6 Å². The van der Waals surface area contributed by atoms with Crippen LogP contribution in [0.2, 0.25) is 0 Å². The fraction of sp³-hybridized carbons (Fsp3) is 0.308. The summed E-state index contributed by atoms with van der Waals surface area (Å²) in [5.41, 5.74) is 0.925. The summed E-state index contributed by atoms with van der Waals surface area (Å²) in [6, 6.07) is 9.26. The van der Waals surface area contributed by atoms with Gasteiger partial charge in [-0.2, -0.15) is 5.26 Å². The van der Waals surface area contributed by atoms with Crippen LogP contribution < -0.4 is 10.6 Å². The van der Waals surface area contributed by atoms with Crippen molar-refractivity contribution in [2.24, 2.45) is 0 Å². The SMILES string of the molecule is N#CCC(=O)NCCNC(=O)Cc1ccc(Br)cc1. The molecule has 0 aliphatic rings. The van der Waals surface area contributed by atoms with E-state index >= 15 is 0 Å². The highest BCUT2D eigenvalue weighted by Gasteiger charge is 2.03. The van der Waals surface area contributed by atoms with Crippen molar-refractivity contribution in [3.05, 3.63) is 34.3 Å². The van der Waals surface area contributed by atoms with Gasteiger partial charge in [-0.05, 0) is 17.7 Å². The summed E-state index contributed by atoms with van der Waals surface area (Å²) in [6.45, 7) is 0.680. The van der Waals surface area contributed by atoms with Crippen molar-refractivity contribution in [2.75, 3.05) is 13.1 Å². The Morgan fingerprint density at radius 2 is 1.68 bits per heavy atom. The van der Waals surface area contributed by atoms with E-state index in [0.717, 1.165) is 10.0 Å². The molecule has 1 aromatic rings. The van der Waals surface area contributed by atoms with E-state index in [1.807, 2.05) is 24.3 Å². The second-order valence-electron chi connectivity index (χ2n) is 3.84. The molecule has 0 radical (unpaired) electrons. The summed E-state index contributed by atoms with van der Waals surface area (Å²) >= 11 is 3.33. The van der Waals surface area contributed by atoms with Crippen molar-refractivity contribution in [1.82, 2.24) is 10.6 Å². The molecule has 0 bridgehead atoms. The van der Waals surface area contributed by atoms with E-state index in [4.69, 9.17) is 5.26 Å². The Kier molecular flexibility index (Phi) is 6.61. The van der Waals surface area contributed by atoms with Gasteiger partial charge >= 0.3 is 0 Å². The number of hydrogen-bond donors (Lipinski definition) is 2. The van der Waals surface area contributed by atoms with Crippen LogP contribution in [0.25, 0.3) is 0 Å². The molecule has 0 aliphatic heterocycles. The molecule has 0 aliphatic carbocycles. The van der Waals surface area contributed by atoms with Crippen LogP contribution in [-0.2, 0) is 16.0 Å². The van der Waals surface area contributed by atoms with Gasteiger partial charge in [-0.1, -0.05) is 28.1 Å². The topological polar surface area (TPSA) is 82.0 Å². The van der Waals surface area contributed by atoms with Crippen LogP contribution in [0.3, 0.4) is 0 Å². The predicted molar refractivity (Wildman–Crippen MR) is 74.1 cm³/mol. The van der Waals surface area contributed by atoms with E-state index in [0.29, 0.717) is 19.5 Å². The highest BCUT2D eigenvalue weighted by molar-refractivity contribution is 9.10. The Labute approximate surface area is 120 Å². The second kappa shape index (κ2) is 8.27. The minimum Gasteiger partial charge on any atom is -0.354 e. The molecule has 0 saturated heterocycles. The third-order valence-corrected chi connectivity index (χ3v) is 2.82. The van der Waals surface area contributed by atoms with Gasteiger partial charge in [0.2, 0.25) is 11.8 Å². The predicted octanol–water partition coefficient (Wildman–Crippen LogP) is 1.14. The maximum Gasteiger partial charge on any atom is 0.234 e. The van der Waals surface area contributed by atoms with Crippen molar-refractivity contribution >= 4 is 27.7 Å². The van der Waals surface area contributed by atoms with Crippen molar-refractivity contribution < 1.29 is 9.59 Å². The van der Waals surface area contributed by atoms with Gasteiger partial charge < -0.3 is 10.6 Å². The molecule has 0 heterocycles. The number of amides is 2. The Balaban J connectivity index is 2.20. The van der Waals surface area contributed by atoms with Gasteiger partial charge in [0.1, 0.15) is 6.42 Å². The molecule has 0 fully saturated rings. The number of hydrogen-bond acceptors (Lipinski definition) is 3. The minimum atomic E-state index is -0.329. The number of carbonyl (C=O) groups is 2. The van der Waals surface area contributed by atoms with Crippen LogP contribution >= 0.6 is 15.9 Å². The maximum atomic E-state index is 11.6. The van der Waals surface area contributed by atoms with E-state index < -0.39 is 0 Å². The van der Waals surface area contributed by atoms with Crippen LogP contribution in [0.1, 0.15) is 12.0 Å². The van der Waals surface area contributed by atoms with E-state index in [1.165, 1.54) is 0 Å². The van der Waals surface area contributed by atoms with Crippen LogP contribution in [0.5, 0.6) is 0 Å². The maximum absolute atomic E-state index is 11.6. The second-order valence-corrected chi connectivity index (χ2v) is 4.75. The van der Waals surface area contributed by atoms with Crippen molar-refractivity contribution in [3.8, 4) is 6.07 Å². The van der Waals surface area contributed by atoms with E-state index in [1.54, 1.807) is 6.07 Å². The summed E-state index contributed by atoms with van der Waals surface area (Å²) in [4.78, 5) is 22.5. The highest BCUT2D eigenvalue weighted by Crippen LogP contribution is 2.10. The molecule has 6 heteroatoms.